The van der Waals surface area contributed by atoms with Crippen molar-refractivity contribution in [3.63, 3.8) is 0 Å². The van der Waals surface area contributed by atoms with Crippen LogP contribution in [0.2, 0.25) is 0 Å². The highest BCUT2D eigenvalue weighted by molar-refractivity contribution is 14.0. The van der Waals surface area contributed by atoms with Gasteiger partial charge in [0.25, 0.3) is 5.91 Å². The summed E-state index contributed by atoms with van der Waals surface area (Å²) >= 11 is 0. The zero-order valence-corrected chi connectivity index (χ0v) is 21.6. The summed E-state index contributed by atoms with van der Waals surface area (Å²) in [7, 11) is 5.01. The molecule has 8 nitrogen and oxygen atoms in total. The number of nitrogens with zero attached hydrogens (tertiary/aromatic N) is 2. The Bertz CT molecular complexity index is 890. The minimum absolute atomic E-state index is 0. The summed E-state index contributed by atoms with van der Waals surface area (Å²) in [6, 6.07) is 13.2. The van der Waals surface area contributed by atoms with E-state index in [0.29, 0.717) is 36.4 Å². The predicted octanol–water partition coefficient (Wildman–Crippen LogP) is 3.76. The van der Waals surface area contributed by atoms with Crippen molar-refractivity contribution in [3.8, 4) is 17.2 Å². The molecule has 9 heteroatoms. The Kier molecular flexibility index (Phi) is 12.3. The van der Waals surface area contributed by atoms with Gasteiger partial charge in [-0.3, -0.25) is 4.79 Å². The van der Waals surface area contributed by atoms with E-state index in [1.54, 1.807) is 21.2 Å². The van der Waals surface area contributed by atoms with Gasteiger partial charge in [0.15, 0.2) is 24.1 Å². The van der Waals surface area contributed by atoms with Crippen LogP contribution in [0.5, 0.6) is 17.2 Å². The van der Waals surface area contributed by atoms with Crippen LogP contribution in [0.3, 0.4) is 0 Å². The lowest BCUT2D eigenvalue weighted by Crippen LogP contribution is -2.30. The zero-order valence-electron chi connectivity index (χ0n) is 19.3. The molecule has 0 atom stereocenters. The number of benzene rings is 2. The Labute approximate surface area is 207 Å². The van der Waals surface area contributed by atoms with Crippen LogP contribution in [0.15, 0.2) is 47.5 Å². The van der Waals surface area contributed by atoms with Crippen molar-refractivity contribution >= 4 is 41.5 Å². The number of anilines is 1. The molecule has 0 fully saturated rings. The lowest BCUT2D eigenvalue weighted by molar-refractivity contribution is -0.130. The van der Waals surface area contributed by atoms with Crippen molar-refractivity contribution in [3.05, 3.63) is 48.0 Å². The minimum Gasteiger partial charge on any atom is -0.493 e. The Morgan fingerprint density at radius 3 is 2.50 bits per heavy atom. The molecule has 0 spiro atoms. The van der Waals surface area contributed by atoms with E-state index in [1.165, 1.54) is 4.90 Å². The van der Waals surface area contributed by atoms with Gasteiger partial charge in [0.2, 0.25) is 0 Å². The fourth-order valence-corrected chi connectivity index (χ4v) is 2.64. The fraction of sp³-hybridized carbons (Fsp3) is 0.391. The number of nitrogens with one attached hydrogen (secondary N) is 2. The van der Waals surface area contributed by atoms with E-state index in [9.17, 15) is 4.79 Å². The predicted molar refractivity (Wildman–Crippen MR) is 139 cm³/mol. The van der Waals surface area contributed by atoms with Gasteiger partial charge in [-0.1, -0.05) is 12.1 Å². The zero-order chi connectivity index (χ0) is 22.6. The maximum absolute atomic E-state index is 11.7. The first-order valence-corrected chi connectivity index (χ1v) is 10.2. The van der Waals surface area contributed by atoms with Gasteiger partial charge in [0, 0.05) is 32.4 Å². The number of carbonyl (C=O) groups is 1. The van der Waals surface area contributed by atoms with E-state index >= 15 is 0 Å². The van der Waals surface area contributed by atoms with Gasteiger partial charge in [0.05, 0.1) is 20.3 Å². The third kappa shape index (κ3) is 8.81. The Morgan fingerprint density at radius 1 is 1.06 bits per heavy atom. The number of guanidine groups is 1. The molecular weight excluding hydrogens is 523 g/mol. The number of likely N-dealkylation sites (N-methyl/N-ethyl adjacent to an activating group) is 1. The number of ether oxygens (including phenoxy) is 3. The normalized spacial score (nSPS) is 10.6. The first-order valence-electron chi connectivity index (χ1n) is 10.2. The van der Waals surface area contributed by atoms with Crippen LogP contribution in [0.1, 0.15) is 19.4 Å². The molecule has 2 rings (SSSR count). The van der Waals surface area contributed by atoms with Gasteiger partial charge in [-0.2, -0.15) is 0 Å². The summed E-state index contributed by atoms with van der Waals surface area (Å²) in [5.41, 5.74) is 1.80. The molecule has 0 aliphatic carbocycles. The van der Waals surface area contributed by atoms with Crippen LogP contribution < -0.4 is 24.8 Å². The van der Waals surface area contributed by atoms with Gasteiger partial charge >= 0.3 is 0 Å². The number of methoxy groups -OCH3 is 1. The quantitative estimate of drug-likeness (QED) is 0.264. The molecule has 1 amide bonds. The van der Waals surface area contributed by atoms with Gasteiger partial charge in [-0.05, 0) is 43.7 Å². The summed E-state index contributed by atoms with van der Waals surface area (Å²) in [6.07, 6.45) is 0. The number of aliphatic imine (C=N–C) groups is 1. The van der Waals surface area contributed by atoms with Crippen LogP contribution in [0.4, 0.5) is 5.69 Å². The SMILES string of the molecule is CCNC(=NCc1cccc(OCC(=O)N(C)C)c1)Nc1ccc(OCC)c(OC)c1.I. The summed E-state index contributed by atoms with van der Waals surface area (Å²) < 4.78 is 16.6. The van der Waals surface area contributed by atoms with Crippen molar-refractivity contribution < 1.29 is 19.0 Å². The standard InChI is InChI=1S/C23H32N4O4.HI/c1-6-24-23(26-18-11-12-20(30-7-2)21(14-18)29-5)25-15-17-9-8-10-19(13-17)31-16-22(28)27(3)4;/h8-14H,6-7,15-16H2,1-5H3,(H2,24,25,26);1H. The van der Waals surface area contributed by atoms with E-state index in [1.807, 2.05) is 56.3 Å². The second-order valence-electron chi connectivity index (χ2n) is 6.84. The second-order valence-corrected chi connectivity index (χ2v) is 6.84. The van der Waals surface area contributed by atoms with E-state index < -0.39 is 0 Å². The van der Waals surface area contributed by atoms with Crippen LogP contribution in [-0.2, 0) is 11.3 Å². The second kappa shape index (κ2) is 14.4. The Morgan fingerprint density at radius 2 is 1.84 bits per heavy atom. The number of amides is 1. The molecule has 0 radical (unpaired) electrons. The number of rotatable bonds is 10. The lowest BCUT2D eigenvalue weighted by atomic mass is 10.2. The molecule has 2 N–H and O–H groups in total. The molecule has 176 valence electrons. The summed E-state index contributed by atoms with van der Waals surface area (Å²) in [5, 5.41) is 6.51. The van der Waals surface area contributed by atoms with Crippen LogP contribution in [0.25, 0.3) is 0 Å². The highest BCUT2D eigenvalue weighted by Gasteiger charge is 2.08. The van der Waals surface area contributed by atoms with Gasteiger partial charge < -0.3 is 29.7 Å². The summed E-state index contributed by atoms with van der Waals surface area (Å²) in [4.78, 5) is 17.9. The number of hydrogen-bond donors (Lipinski definition) is 2. The highest BCUT2D eigenvalue weighted by Crippen LogP contribution is 2.30. The molecule has 0 bridgehead atoms. The molecule has 2 aromatic rings. The van der Waals surface area contributed by atoms with Crippen molar-refractivity contribution in [1.82, 2.24) is 10.2 Å². The third-order valence-electron chi connectivity index (χ3n) is 4.25. The molecule has 0 aliphatic rings. The van der Waals surface area contributed by atoms with Crippen molar-refractivity contribution in [2.45, 2.75) is 20.4 Å². The molecule has 0 saturated carbocycles. The smallest absolute Gasteiger partial charge is 0.259 e. The minimum atomic E-state index is -0.0900. The molecule has 0 unspecified atom stereocenters. The average Bonchev–Trinajstić information content (AvgIpc) is 2.77. The largest absolute Gasteiger partial charge is 0.493 e. The fourth-order valence-electron chi connectivity index (χ4n) is 2.64. The average molecular weight is 556 g/mol. The topological polar surface area (TPSA) is 84.4 Å². The molecule has 0 saturated heterocycles. The maximum atomic E-state index is 11.7. The molecule has 0 heterocycles. The van der Waals surface area contributed by atoms with Crippen LogP contribution in [0, 0.1) is 0 Å². The van der Waals surface area contributed by atoms with Crippen LogP contribution >= 0.6 is 24.0 Å². The Hall–Kier alpha value is -2.69. The first kappa shape index (κ1) is 27.3. The van der Waals surface area contributed by atoms with Gasteiger partial charge in [-0.15, -0.1) is 24.0 Å². The first-order chi connectivity index (χ1) is 15.0. The molecule has 32 heavy (non-hydrogen) atoms. The molecule has 2 aromatic carbocycles. The monoisotopic (exact) mass is 556 g/mol. The summed E-state index contributed by atoms with van der Waals surface area (Å²) in [6.45, 7) is 5.68. The van der Waals surface area contributed by atoms with Gasteiger partial charge in [0.1, 0.15) is 5.75 Å². The molecule has 0 aliphatic heterocycles. The lowest BCUT2D eigenvalue weighted by Gasteiger charge is -2.14. The Balaban J connectivity index is 0.00000512. The van der Waals surface area contributed by atoms with E-state index in [0.717, 1.165) is 17.8 Å². The van der Waals surface area contributed by atoms with Crippen molar-refractivity contribution in [1.29, 1.82) is 0 Å². The molecular formula is C23H33IN4O4. The third-order valence-corrected chi connectivity index (χ3v) is 4.25. The number of carbonyl (C=O) groups excluding carboxylic acids is 1. The van der Waals surface area contributed by atoms with Crippen molar-refractivity contribution in [2.24, 2.45) is 4.99 Å². The van der Waals surface area contributed by atoms with Crippen molar-refractivity contribution in [2.75, 3.05) is 46.3 Å². The maximum Gasteiger partial charge on any atom is 0.259 e. The molecule has 0 aromatic heterocycles. The summed E-state index contributed by atoms with van der Waals surface area (Å²) in [5.74, 6) is 2.54. The van der Waals surface area contributed by atoms with E-state index in [-0.39, 0.29) is 36.5 Å². The number of hydrogen-bond acceptors (Lipinski definition) is 5. The van der Waals surface area contributed by atoms with Gasteiger partial charge in [-0.25, -0.2) is 4.99 Å². The van der Waals surface area contributed by atoms with E-state index in [2.05, 4.69) is 15.6 Å². The highest BCUT2D eigenvalue weighted by atomic mass is 127. The van der Waals surface area contributed by atoms with E-state index in [4.69, 9.17) is 14.2 Å². The van der Waals surface area contributed by atoms with Crippen LogP contribution in [-0.4, -0.2) is 57.7 Å². The number of halogens is 1.